The maximum atomic E-state index is 13.4. The number of phenols is 1. The van der Waals surface area contributed by atoms with Crippen LogP contribution in [0, 0.1) is 19.3 Å². The van der Waals surface area contributed by atoms with Crippen molar-refractivity contribution >= 4 is 7.82 Å². The van der Waals surface area contributed by atoms with Gasteiger partial charge >= 0.3 is 7.82 Å². The molecular formula is C28H41O5P. The zero-order chi connectivity index (χ0) is 25.7. The first-order chi connectivity index (χ1) is 15.4. The van der Waals surface area contributed by atoms with Gasteiger partial charge in [0.1, 0.15) is 11.5 Å². The molecule has 1 fully saturated rings. The lowest BCUT2D eigenvalue weighted by atomic mass is 9.81. The van der Waals surface area contributed by atoms with Crippen molar-refractivity contribution in [2.24, 2.45) is 5.41 Å². The topological polar surface area (TPSA) is 65.0 Å². The van der Waals surface area contributed by atoms with Crippen molar-refractivity contribution in [1.82, 2.24) is 0 Å². The van der Waals surface area contributed by atoms with Gasteiger partial charge in [0.2, 0.25) is 0 Å². The summed E-state index contributed by atoms with van der Waals surface area (Å²) in [6.07, 6.45) is 0.433. The molecule has 0 unspecified atom stereocenters. The quantitative estimate of drug-likeness (QED) is 0.446. The first-order valence-electron chi connectivity index (χ1n) is 12.0. The molecule has 6 heteroatoms. The van der Waals surface area contributed by atoms with Gasteiger partial charge in [-0.25, -0.2) is 4.57 Å². The summed E-state index contributed by atoms with van der Waals surface area (Å²) < 4.78 is 30.9. The number of aromatic hydroxyl groups is 1. The van der Waals surface area contributed by atoms with Crippen molar-refractivity contribution in [1.29, 1.82) is 0 Å². The summed E-state index contributed by atoms with van der Waals surface area (Å²) in [7, 11) is -3.78. The second-order valence-corrected chi connectivity index (χ2v) is 14.1. The van der Waals surface area contributed by atoms with Crippen molar-refractivity contribution < 1.29 is 23.2 Å². The highest BCUT2D eigenvalue weighted by atomic mass is 31.2. The van der Waals surface area contributed by atoms with E-state index >= 15 is 0 Å². The van der Waals surface area contributed by atoms with E-state index in [4.69, 9.17) is 13.6 Å². The van der Waals surface area contributed by atoms with Gasteiger partial charge in [0.05, 0.1) is 13.2 Å². The monoisotopic (exact) mass is 488 g/mol. The Morgan fingerprint density at radius 2 is 1.35 bits per heavy atom. The molecule has 188 valence electrons. The smallest absolute Gasteiger partial charge is 0.507 e. The van der Waals surface area contributed by atoms with Crippen LogP contribution in [0.3, 0.4) is 0 Å². The van der Waals surface area contributed by atoms with E-state index < -0.39 is 7.82 Å². The van der Waals surface area contributed by atoms with Crippen molar-refractivity contribution in [3.05, 3.63) is 57.6 Å². The van der Waals surface area contributed by atoms with Crippen LogP contribution in [0.1, 0.15) is 88.8 Å². The first-order valence-corrected chi connectivity index (χ1v) is 13.4. The zero-order valence-electron chi connectivity index (χ0n) is 22.5. The van der Waals surface area contributed by atoms with Crippen molar-refractivity contribution in [2.45, 2.75) is 86.5 Å². The number of aryl methyl sites for hydroxylation is 2. The molecule has 0 bridgehead atoms. The molecule has 1 heterocycles. The normalized spacial score (nSPS) is 18.1. The first kappa shape index (κ1) is 26.8. The Morgan fingerprint density at radius 1 is 0.882 bits per heavy atom. The van der Waals surface area contributed by atoms with Gasteiger partial charge in [-0.3, -0.25) is 9.05 Å². The molecule has 1 aliphatic heterocycles. The Hall–Kier alpha value is -1.81. The Bertz CT molecular complexity index is 1110. The molecule has 0 spiro atoms. The molecule has 2 aromatic rings. The number of rotatable bonds is 4. The fourth-order valence-corrected chi connectivity index (χ4v) is 5.80. The van der Waals surface area contributed by atoms with Gasteiger partial charge in [0.15, 0.2) is 0 Å². The molecule has 2 aromatic carbocycles. The summed E-state index contributed by atoms with van der Waals surface area (Å²) in [5, 5.41) is 11.2. The highest BCUT2D eigenvalue weighted by Crippen LogP contribution is 2.56. The van der Waals surface area contributed by atoms with Gasteiger partial charge in [-0.1, -0.05) is 90.8 Å². The van der Waals surface area contributed by atoms with Gasteiger partial charge in [-0.15, -0.1) is 0 Å². The maximum absolute atomic E-state index is 13.4. The molecule has 3 rings (SSSR count). The average molecular weight is 489 g/mol. The Labute approximate surface area is 205 Å². The maximum Gasteiger partial charge on any atom is 0.530 e. The SMILES string of the molecule is Cc1cc(Cc2cc(C)cc(C(C)(C)C)c2OP2(=O)OCC(C)(C)CO2)c(O)c(C(C)(C)C)c1. The van der Waals surface area contributed by atoms with E-state index in [0.29, 0.717) is 31.1 Å². The summed E-state index contributed by atoms with van der Waals surface area (Å²) in [4.78, 5) is 0. The van der Waals surface area contributed by atoms with Crippen LogP contribution in [0.4, 0.5) is 0 Å². The lowest BCUT2D eigenvalue weighted by molar-refractivity contribution is 0.0179. The highest BCUT2D eigenvalue weighted by Gasteiger charge is 2.41. The molecule has 0 radical (unpaired) electrons. The molecule has 0 amide bonds. The van der Waals surface area contributed by atoms with E-state index in [1.54, 1.807) is 0 Å². The van der Waals surface area contributed by atoms with E-state index in [1.165, 1.54) is 0 Å². The van der Waals surface area contributed by atoms with Gasteiger partial charge in [0.25, 0.3) is 0 Å². The third kappa shape index (κ3) is 6.05. The Kier molecular flexibility index (Phi) is 7.09. The van der Waals surface area contributed by atoms with E-state index in [-0.39, 0.29) is 16.2 Å². The number of hydrogen-bond donors (Lipinski definition) is 1. The fourth-order valence-electron chi connectivity index (χ4n) is 4.16. The van der Waals surface area contributed by atoms with Crippen molar-refractivity contribution in [2.75, 3.05) is 13.2 Å². The van der Waals surface area contributed by atoms with Gasteiger partial charge in [-0.2, -0.15) is 0 Å². The minimum absolute atomic E-state index is 0.200. The highest BCUT2D eigenvalue weighted by molar-refractivity contribution is 7.49. The molecule has 1 aliphatic rings. The number of hydrogen-bond acceptors (Lipinski definition) is 5. The Balaban J connectivity index is 2.13. The summed E-state index contributed by atoms with van der Waals surface area (Å²) in [5.41, 5.74) is 4.95. The van der Waals surface area contributed by atoms with Crippen molar-refractivity contribution in [3.63, 3.8) is 0 Å². The van der Waals surface area contributed by atoms with Gasteiger partial charge in [0, 0.05) is 17.4 Å². The van der Waals surface area contributed by atoms with Gasteiger partial charge < -0.3 is 9.63 Å². The van der Waals surface area contributed by atoms with Crippen LogP contribution in [0.25, 0.3) is 0 Å². The van der Waals surface area contributed by atoms with Crippen LogP contribution in [-0.4, -0.2) is 18.3 Å². The van der Waals surface area contributed by atoms with Crippen LogP contribution in [-0.2, 0) is 30.9 Å². The average Bonchev–Trinajstić information content (AvgIpc) is 2.67. The molecular weight excluding hydrogens is 447 g/mol. The van der Waals surface area contributed by atoms with E-state index in [2.05, 4.69) is 47.6 Å². The fraction of sp³-hybridized carbons (Fsp3) is 0.571. The predicted molar refractivity (Wildman–Crippen MR) is 138 cm³/mol. The summed E-state index contributed by atoms with van der Waals surface area (Å²) in [6.45, 7) is 21.2. The number of benzene rings is 2. The number of phosphoric ester groups is 1. The van der Waals surface area contributed by atoms with Crippen molar-refractivity contribution in [3.8, 4) is 11.5 Å². The second kappa shape index (κ2) is 9.00. The van der Waals surface area contributed by atoms with E-state index in [9.17, 15) is 9.67 Å². The molecule has 1 N–H and O–H groups in total. The van der Waals surface area contributed by atoms with Crippen LogP contribution >= 0.6 is 7.82 Å². The third-order valence-electron chi connectivity index (χ3n) is 6.07. The van der Waals surface area contributed by atoms with E-state index in [0.717, 1.165) is 33.4 Å². The molecule has 0 aliphatic carbocycles. The second-order valence-electron chi connectivity index (χ2n) is 12.5. The van der Waals surface area contributed by atoms with Crippen LogP contribution in [0.2, 0.25) is 0 Å². The molecule has 0 saturated carbocycles. The summed E-state index contributed by atoms with van der Waals surface area (Å²) in [6, 6.07) is 8.14. The number of phosphoric acid groups is 1. The lowest BCUT2D eigenvalue weighted by Crippen LogP contribution is -2.30. The van der Waals surface area contributed by atoms with Gasteiger partial charge in [-0.05, 0) is 41.4 Å². The molecule has 34 heavy (non-hydrogen) atoms. The van der Waals surface area contributed by atoms with Crippen LogP contribution in [0.5, 0.6) is 11.5 Å². The largest absolute Gasteiger partial charge is 0.530 e. The summed E-state index contributed by atoms with van der Waals surface area (Å²) >= 11 is 0. The standard InChI is InChI=1S/C28H41O5P/c1-18-11-20(24(29)22(13-18)26(3,4)5)15-21-12-19(2)14-23(27(6,7)8)25(21)33-34(30)31-16-28(9,10)17-32-34/h11-14,29H,15-17H2,1-10H3. The Morgan fingerprint density at radius 3 is 1.85 bits per heavy atom. The minimum Gasteiger partial charge on any atom is -0.507 e. The van der Waals surface area contributed by atoms with E-state index in [1.807, 2.05) is 45.9 Å². The summed E-state index contributed by atoms with van der Waals surface area (Å²) in [5.74, 6) is 0.806. The lowest BCUT2D eigenvalue weighted by Gasteiger charge is -2.34. The predicted octanol–water partition coefficient (Wildman–Crippen LogP) is 7.75. The molecule has 0 atom stereocenters. The molecule has 0 aromatic heterocycles. The molecule has 1 saturated heterocycles. The minimum atomic E-state index is -3.78. The third-order valence-corrected chi connectivity index (χ3v) is 7.37. The van der Waals surface area contributed by atoms with Crippen LogP contribution < -0.4 is 4.52 Å². The van der Waals surface area contributed by atoms with Crippen LogP contribution in [0.15, 0.2) is 24.3 Å². The molecule has 5 nitrogen and oxygen atoms in total. The zero-order valence-corrected chi connectivity index (χ0v) is 23.4. The number of phenolic OH excluding ortho intramolecular Hbond substituents is 1.